The summed E-state index contributed by atoms with van der Waals surface area (Å²) < 4.78 is 46.5. The Kier molecular flexibility index (Phi) is 6.01. The van der Waals surface area contributed by atoms with Gasteiger partial charge in [-0.05, 0) is 42.9 Å². The first-order valence-corrected chi connectivity index (χ1v) is 10.8. The van der Waals surface area contributed by atoms with Gasteiger partial charge in [0.25, 0.3) is 5.89 Å². The highest BCUT2D eigenvalue weighted by Crippen LogP contribution is 2.27. The third-order valence-corrected chi connectivity index (χ3v) is 5.80. The molecule has 176 valence electrons. The maximum absolute atomic E-state index is 14.5. The van der Waals surface area contributed by atoms with Crippen molar-refractivity contribution in [3.63, 3.8) is 0 Å². The lowest BCUT2D eigenvalue weighted by Crippen LogP contribution is -2.44. The van der Waals surface area contributed by atoms with Crippen molar-refractivity contribution in [1.82, 2.24) is 30.1 Å². The minimum atomic E-state index is -2.80. The van der Waals surface area contributed by atoms with Crippen LogP contribution in [-0.4, -0.2) is 63.3 Å². The quantitative estimate of drug-likeness (QED) is 0.424. The fourth-order valence-electron chi connectivity index (χ4n) is 3.85. The molecule has 0 aliphatic carbocycles. The molecule has 1 fully saturated rings. The van der Waals surface area contributed by atoms with Crippen LogP contribution in [0.15, 0.2) is 53.1 Å². The molecular formula is C23H22F3N7O. The predicted molar refractivity (Wildman–Crippen MR) is 119 cm³/mol. The van der Waals surface area contributed by atoms with Gasteiger partial charge in [-0.3, -0.25) is 0 Å². The lowest BCUT2D eigenvalue weighted by molar-refractivity contribution is 0.116. The van der Waals surface area contributed by atoms with E-state index in [1.807, 2.05) is 24.4 Å². The lowest BCUT2D eigenvalue weighted by Gasteiger charge is -2.34. The van der Waals surface area contributed by atoms with E-state index in [1.165, 1.54) is 6.07 Å². The monoisotopic (exact) mass is 469 g/mol. The first kappa shape index (κ1) is 22.1. The van der Waals surface area contributed by atoms with Crippen LogP contribution in [0.3, 0.4) is 0 Å². The average Bonchev–Trinajstić information content (AvgIpc) is 3.51. The van der Waals surface area contributed by atoms with Crippen molar-refractivity contribution in [2.75, 3.05) is 38.1 Å². The summed E-state index contributed by atoms with van der Waals surface area (Å²) in [5.41, 5.74) is 3.49. The molecular weight excluding hydrogens is 447 g/mol. The molecule has 0 unspecified atom stereocenters. The van der Waals surface area contributed by atoms with Gasteiger partial charge < -0.3 is 14.2 Å². The Morgan fingerprint density at radius 3 is 2.38 bits per heavy atom. The molecule has 3 heterocycles. The lowest BCUT2D eigenvalue weighted by atomic mass is 10.1. The Morgan fingerprint density at radius 2 is 1.68 bits per heavy atom. The molecule has 0 radical (unpaired) electrons. The van der Waals surface area contributed by atoms with Gasteiger partial charge in [-0.1, -0.05) is 17.3 Å². The van der Waals surface area contributed by atoms with E-state index in [-0.39, 0.29) is 11.7 Å². The number of anilines is 1. The standard InChI is InChI=1S/C23H22F3N7O/c1-31-8-10-32(11-9-31)20-12-17(6-7-18(20)24)19-14-33(30-27-19)13-15-2-4-16(5-3-15)22-28-29-23(34-22)21(25)26/h2-7,12,14,21H,8-11,13H2,1H3. The van der Waals surface area contributed by atoms with Gasteiger partial charge in [0.05, 0.1) is 18.4 Å². The fraction of sp³-hybridized carbons (Fsp3) is 0.304. The largest absolute Gasteiger partial charge is 0.415 e. The molecule has 4 aromatic rings. The first-order chi connectivity index (χ1) is 16.5. The number of hydrogen-bond donors (Lipinski definition) is 0. The van der Waals surface area contributed by atoms with E-state index in [0.717, 1.165) is 37.3 Å². The van der Waals surface area contributed by atoms with Crippen molar-refractivity contribution in [3.05, 3.63) is 65.9 Å². The Hall–Kier alpha value is -3.73. The third kappa shape index (κ3) is 4.65. The highest BCUT2D eigenvalue weighted by molar-refractivity contribution is 5.65. The van der Waals surface area contributed by atoms with Crippen LogP contribution in [0, 0.1) is 5.82 Å². The van der Waals surface area contributed by atoms with E-state index in [2.05, 4.69) is 37.4 Å². The van der Waals surface area contributed by atoms with Crippen LogP contribution in [0.1, 0.15) is 17.9 Å². The Labute approximate surface area is 193 Å². The van der Waals surface area contributed by atoms with Crippen molar-refractivity contribution >= 4 is 5.69 Å². The van der Waals surface area contributed by atoms with Crippen molar-refractivity contribution in [3.8, 4) is 22.7 Å². The van der Waals surface area contributed by atoms with Gasteiger partial charge in [-0.15, -0.1) is 15.3 Å². The number of nitrogens with zero attached hydrogens (tertiary/aromatic N) is 7. The summed E-state index contributed by atoms with van der Waals surface area (Å²) in [6.07, 6.45) is -0.997. The van der Waals surface area contributed by atoms with Gasteiger partial charge in [-0.25, -0.2) is 9.07 Å². The molecule has 1 aliphatic heterocycles. The van der Waals surface area contributed by atoms with Crippen LogP contribution in [0.5, 0.6) is 0 Å². The van der Waals surface area contributed by atoms with E-state index in [4.69, 9.17) is 4.42 Å². The second kappa shape index (κ2) is 9.26. The molecule has 1 aliphatic rings. The van der Waals surface area contributed by atoms with Gasteiger partial charge in [0, 0.05) is 37.3 Å². The summed E-state index contributed by atoms with van der Waals surface area (Å²) in [6, 6.07) is 12.1. The molecule has 0 saturated carbocycles. The summed E-state index contributed by atoms with van der Waals surface area (Å²) in [4.78, 5) is 4.28. The number of halogens is 3. The van der Waals surface area contributed by atoms with Gasteiger partial charge in [0.2, 0.25) is 5.89 Å². The zero-order valence-corrected chi connectivity index (χ0v) is 18.4. The highest BCUT2D eigenvalue weighted by Gasteiger charge is 2.19. The van der Waals surface area contributed by atoms with Crippen molar-refractivity contribution in [2.45, 2.75) is 13.0 Å². The minimum Gasteiger partial charge on any atom is -0.415 e. The molecule has 0 bridgehead atoms. The van der Waals surface area contributed by atoms with Crippen LogP contribution < -0.4 is 4.90 Å². The van der Waals surface area contributed by atoms with E-state index in [1.54, 1.807) is 22.9 Å². The Bertz CT molecular complexity index is 1260. The second-order valence-electron chi connectivity index (χ2n) is 8.20. The first-order valence-electron chi connectivity index (χ1n) is 10.8. The summed E-state index contributed by atoms with van der Waals surface area (Å²) >= 11 is 0. The van der Waals surface area contributed by atoms with Crippen molar-refractivity contribution in [2.24, 2.45) is 0 Å². The van der Waals surface area contributed by atoms with Gasteiger partial charge in [0.15, 0.2) is 0 Å². The van der Waals surface area contributed by atoms with E-state index >= 15 is 0 Å². The Balaban J connectivity index is 1.29. The summed E-state index contributed by atoms with van der Waals surface area (Å²) in [5, 5.41) is 15.4. The molecule has 0 N–H and O–H groups in total. The summed E-state index contributed by atoms with van der Waals surface area (Å²) in [6.45, 7) is 3.77. The van der Waals surface area contributed by atoms with E-state index < -0.39 is 12.3 Å². The topological polar surface area (TPSA) is 76.1 Å². The highest BCUT2D eigenvalue weighted by atomic mass is 19.3. The molecule has 11 heteroatoms. The van der Waals surface area contributed by atoms with Crippen molar-refractivity contribution in [1.29, 1.82) is 0 Å². The van der Waals surface area contributed by atoms with Crippen LogP contribution in [0.4, 0.5) is 18.9 Å². The number of benzene rings is 2. The molecule has 1 saturated heterocycles. The average molecular weight is 469 g/mol. The van der Waals surface area contributed by atoms with Crippen molar-refractivity contribution < 1.29 is 17.6 Å². The van der Waals surface area contributed by atoms with Crippen LogP contribution >= 0.6 is 0 Å². The number of likely N-dealkylation sites (N-methyl/N-ethyl adjacent to an activating group) is 1. The second-order valence-corrected chi connectivity index (χ2v) is 8.20. The molecule has 5 rings (SSSR count). The van der Waals surface area contributed by atoms with Crippen LogP contribution in [0.25, 0.3) is 22.7 Å². The summed E-state index contributed by atoms with van der Waals surface area (Å²) in [5.74, 6) is -0.911. The molecule has 0 spiro atoms. The van der Waals surface area contributed by atoms with E-state index in [9.17, 15) is 13.2 Å². The van der Waals surface area contributed by atoms with Gasteiger partial charge in [0.1, 0.15) is 11.5 Å². The third-order valence-electron chi connectivity index (χ3n) is 5.80. The number of piperazine rings is 1. The van der Waals surface area contributed by atoms with Gasteiger partial charge >= 0.3 is 6.43 Å². The normalized spacial score (nSPS) is 14.8. The summed E-state index contributed by atoms with van der Waals surface area (Å²) in [7, 11) is 2.06. The smallest absolute Gasteiger partial charge is 0.314 e. The molecule has 34 heavy (non-hydrogen) atoms. The zero-order valence-electron chi connectivity index (χ0n) is 18.4. The predicted octanol–water partition coefficient (Wildman–Crippen LogP) is 3.87. The molecule has 8 nitrogen and oxygen atoms in total. The number of aromatic nitrogens is 5. The molecule has 2 aromatic carbocycles. The molecule has 2 aromatic heterocycles. The van der Waals surface area contributed by atoms with Crippen LogP contribution in [0.2, 0.25) is 0 Å². The maximum Gasteiger partial charge on any atom is 0.314 e. The number of hydrogen-bond acceptors (Lipinski definition) is 7. The minimum absolute atomic E-state index is 0.0392. The zero-order chi connectivity index (χ0) is 23.7. The molecule has 0 amide bonds. The fourth-order valence-corrected chi connectivity index (χ4v) is 3.85. The van der Waals surface area contributed by atoms with Crippen LogP contribution in [-0.2, 0) is 6.54 Å². The number of alkyl halides is 2. The van der Waals surface area contributed by atoms with E-state index in [0.29, 0.717) is 23.5 Å². The SMILES string of the molecule is CN1CCN(c2cc(-c3cn(Cc4ccc(-c5nnc(C(F)F)o5)cc4)nn3)ccc2F)CC1. The Morgan fingerprint density at radius 1 is 0.941 bits per heavy atom. The van der Waals surface area contributed by atoms with Gasteiger partial charge in [-0.2, -0.15) is 8.78 Å². The molecule has 0 atom stereocenters. The number of rotatable bonds is 6. The maximum atomic E-state index is 14.5.